The third kappa shape index (κ3) is 9.30. The molecule has 0 amide bonds. The molecule has 0 aromatic heterocycles. The Morgan fingerprint density at radius 3 is 1.21 bits per heavy atom. The van der Waals surface area contributed by atoms with Crippen molar-refractivity contribution in [3.05, 3.63) is 156 Å². The number of benzene rings is 6. The van der Waals surface area contributed by atoms with Crippen molar-refractivity contribution in [1.29, 1.82) is 0 Å². The molecule has 0 fully saturated rings. The van der Waals surface area contributed by atoms with E-state index < -0.39 is 23.5 Å². The van der Waals surface area contributed by atoms with E-state index in [-0.39, 0.29) is 12.1 Å². The summed E-state index contributed by atoms with van der Waals surface area (Å²) in [6, 6.07) is 38.9. The summed E-state index contributed by atoms with van der Waals surface area (Å²) in [6.45, 7) is 6.35. The molecule has 0 unspecified atom stereocenters. The van der Waals surface area contributed by atoms with Gasteiger partial charge in [-0.2, -0.15) is 26.3 Å². The van der Waals surface area contributed by atoms with Gasteiger partial charge in [0.05, 0.1) is 24.5 Å². The number of rotatable bonds is 14. The van der Waals surface area contributed by atoms with Gasteiger partial charge in [-0.15, -0.1) is 0 Å². The largest absolute Gasteiger partial charge is 0.416 e. The first kappa shape index (κ1) is 37.7. The molecule has 0 radical (unpaired) electrons. The lowest BCUT2D eigenvalue weighted by molar-refractivity contribution is -0.138. The van der Waals surface area contributed by atoms with Gasteiger partial charge in [-0.1, -0.05) is 84.9 Å². The van der Waals surface area contributed by atoms with Crippen LogP contribution < -0.4 is 10.6 Å². The molecule has 2 atom stereocenters. The van der Waals surface area contributed by atoms with Crippen LogP contribution in [-0.4, -0.2) is 36.2 Å². The molecular formula is C43H42F6N4. The highest BCUT2D eigenvalue weighted by molar-refractivity contribution is 5.86. The lowest BCUT2D eigenvalue weighted by Gasteiger charge is -2.34. The van der Waals surface area contributed by atoms with Crippen molar-refractivity contribution < 1.29 is 26.3 Å². The topological polar surface area (TPSA) is 30.5 Å². The number of fused-ring (bicyclic) bond motifs is 2. The van der Waals surface area contributed by atoms with Crippen molar-refractivity contribution in [2.45, 2.75) is 44.7 Å². The summed E-state index contributed by atoms with van der Waals surface area (Å²) in [7, 11) is 0. The summed E-state index contributed by atoms with van der Waals surface area (Å²) < 4.78 is 79.4. The smallest absolute Gasteiger partial charge is 0.372 e. The number of hydrogen-bond donors (Lipinski definition) is 2. The van der Waals surface area contributed by atoms with E-state index in [0.717, 1.165) is 63.4 Å². The van der Waals surface area contributed by atoms with Crippen molar-refractivity contribution in [3.63, 3.8) is 0 Å². The summed E-state index contributed by atoms with van der Waals surface area (Å²) in [4.78, 5) is 4.56. The summed E-state index contributed by atoms with van der Waals surface area (Å²) in [5.41, 5.74) is 2.05. The third-order valence-electron chi connectivity index (χ3n) is 9.93. The maximum Gasteiger partial charge on any atom is 0.416 e. The Hall–Kier alpha value is -5.06. The normalized spacial score (nSPS) is 13.5. The monoisotopic (exact) mass is 728 g/mol. The van der Waals surface area contributed by atoms with Gasteiger partial charge in [0.1, 0.15) is 0 Å². The number of alkyl halides is 6. The molecule has 6 aromatic rings. The Morgan fingerprint density at radius 1 is 0.472 bits per heavy atom. The molecule has 0 aliphatic heterocycles. The van der Waals surface area contributed by atoms with E-state index in [2.05, 4.69) is 82.8 Å². The van der Waals surface area contributed by atoms with E-state index in [1.54, 1.807) is 0 Å². The summed E-state index contributed by atoms with van der Waals surface area (Å²) in [5.74, 6) is 0. The van der Waals surface area contributed by atoms with Crippen LogP contribution in [-0.2, 0) is 12.4 Å². The fraction of sp³-hybridized carbons (Fsp3) is 0.256. The standard InChI is InChI=1S/C43H42F6N4/c1-30(38-16-7-12-32-10-3-5-14-40(32)38)52(28-50-36-22-18-34(19-23-36)42(44,45)46)26-9-27-53(29-51-37-24-20-35(21-25-37)43(47,48)49)31(2)39-17-8-13-33-11-4-6-15-41(33)39/h3-8,10-25,30-31,50-51H,9,26-29H2,1-2H3/t30-,31-/m1/s1. The summed E-state index contributed by atoms with van der Waals surface area (Å²) >= 11 is 0. The van der Waals surface area contributed by atoms with Gasteiger partial charge < -0.3 is 10.6 Å². The van der Waals surface area contributed by atoms with E-state index in [0.29, 0.717) is 37.8 Å². The fourth-order valence-corrected chi connectivity index (χ4v) is 6.86. The van der Waals surface area contributed by atoms with Crippen LogP contribution in [0.4, 0.5) is 37.7 Å². The average molecular weight is 729 g/mol. The van der Waals surface area contributed by atoms with Gasteiger partial charge in [0.15, 0.2) is 0 Å². The number of hydrogen-bond acceptors (Lipinski definition) is 4. The minimum absolute atomic E-state index is 0.0442. The van der Waals surface area contributed by atoms with Crippen LogP contribution in [0.1, 0.15) is 54.6 Å². The molecule has 6 aromatic carbocycles. The number of halogens is 6. The zero-order chi connectivity index (χ0) is 37.6. The van der Waals surface area contributed by atoms with E-state index in [1.165, 1.54) is 24.3 Å². The molecule has 0 bridgehead atoms. The average Bonchev–Trinajstić information content (AvgIpc) is 3.16. The number of nitrogens with zero attached hydrogens (tertiary/aromatic N) is 2. The molecule has 0 aliphatic rings. The first-order valence-electron chi connectivity index (χ1n) is 17.6. The lowest BCUT2D eigenvalue weighted by Crippen LogP contribution is -2.37. The Bertz CT molecular complexity index is 1930. The maximum atomic E-state index is 13.2. The molecular weight excluding hydrogens is 686 g/mol. The van der Waals surface area contributed by atoms with Gasteiger partial charge in [0.2, 0.25) is 0 Å². The second kappa shape index (κ2) is 16.3. The predicted octanol–water partition coefficient (Wildman–Crippen LogP) is 12.0. The van der Waals surface area contributed by atoms with Crippen LogP contribution in [0.2, 0.25) is 0 Å². The molecule has 4 nitrogen and oxygen atoms in total. The van der Waals surface area contributed by atoms with Crippen LogP contribution >= 0.6 is 0 Å². The van der Waals surface area contributed by atoms with Gasteiger partial charge in [-0.05, 0) is 101 Å². The first-order chi connectivity index (χ1) is 25.4. The minimum atomic E-state index is -4.41. The van der Waals surface area contributed by atoms with E-state index in [4.69, 9.17) is 0 Å². The zero-order valence-corrected chi connectivity index (χ0v) is 29.6. The Kier molecular flexibility index (Phi) is 11.6. The molecule has 53 heavy (non-hydrogen) atoms. The van der Waals surface area contributed by atoms with E-state index in [1.807, 2.05) is 36.4 Å². The highest BCUT2D eigenvalue weighted by Gasteiger charge is 2.31. The van der Waals surface area contributed by atoms with Crippen molar-refractivity contribution in [3.8, 4) is 0 Å². The van der Waals surface area contributed by atoms with Gasteiger partial charge in [0.25, 0.3) is 0 Å². The van der Waals surface area contributed by atoms with Gasteiger partial charge in [-0.3, -0.25) is 9.80 Å². The number of nitrogens with one attached hydrogen (secondary N) is 2. The maximum absolute atomic E-state index is 13.2. The molecule has 0 spiro atoms. The molecule has 276 valence electrons. The SMILES string of the molecule is C[C@H](c1cccc2ccccc12)N(CCCN(CNc1ccc(C(F)(F)F)cc1)[C@H](C)c1cccc2ccccc12)CNc1ccc(C(F)(F)F)cc1. The minimum Gasteiger partial charge on any atom is -0.372 e. The van der Waals surface area contributed by atoms with Crippen LogP contribution in [0.25, 0.3) is 21.5 Å². The molecule has 0 aliphatic carbocycles. The Balaban J connectivity index is 1.23. The molecule has 10 heteroatoms. The van der Waals surface area contributed by atoms with Gasteiger partial charge in [-0.25, -0.2) is 0 Å². The Morgan fingerprint density at radius 2 is 0.830 bits per heavy atom. The highest BCUT2D eigenvalue weighted by atomic mass is 19.4. The van der Waals surface area contributed by atoms with Crippen LogP contribution in [0, 0.1) is 0 Å². The third-order valence-corrected chi connectivity index (χ3v) is 9.93. The van der Waals surface area contributed by atoms with Gasteiger partial charge in [0, 0.05) is 36.5 Å². The predicted molar refractivity (Wildman–Crippen MR) is 203 cm³/mol. The van der Waals surface area contributed by atoms with Crippen LogP contribution in [0.15, 0.2) is 133 Å². The fourth-order valence-electron chi connectivity index (χ4n) is 6.86. The van der Waals surface area contributed by atoms with Crippen LogP contribution in [0.5, 0.6) is 0 Å². The molecule has 6 rings (SSSR count). The van der Waals surface area contributed by atoms with Crippen molar-refractivity contribution in [2.75, 3.05) is 37.1 Å². The van der Waals surface area contributed by atoms with Crippen LogP contribution in [0.3, 0.4) is 0 Å². The zero-order valence-electron chi connectivity index (χ0n) is 29.6. The molecule has 0 saturated carbocycles. The van der Waals surface area contributed by atoms with E-state index in [9.17, 15) is 26.3 Å². The lowest BCUT2D eigenvalue weighted by atomic mass is 9.98. The molecule has 2 N–H and O–H groups in total. The summed E-state index contributed by atoms with van der Waals surface area (Å²) in [5, 5.41) is 11.2. The quantitative estimate of drug-likeness (QED) is 0.0864. The molecule has 0 saturated heterocycles. The van der Waals surface area contributed by atoms with Crippen molar-refractivity contribution in [1.82, 2.24) is 9.80 Å². The van der Waals surface area contributed by atoms with E-state index >= 15 is 0 Å². The highest BCUT2D eigenvalue weighted by Crippen LogP contribution is 2.33. The second-order valence-electron chi connectivity index (χ2n) is 13.3. The van der Waals surface area contributed by atoms with Crippen molar-refractivity contribution in [2.24, 2.45) is 0 Å². The summed E-state index contributed by atoms with van der Waals surface area (Å²) in [6.07, 6.45) is -8.10. The van der Waals surface area contributed by atoms with Crippen molar-refractivity contribution >= 4 is 32.9 Å². The van der Waals surface area contributed by atoms with Gasteiger partial charge >= 0.3 is 12.4 Å². The molecule has 0 heterocycles. The Labute approximate surface area is 306 Å². The number of anilines is 2. The second-order valence-corrected chi connectivity index (χ2v) is 13.3. The first-order valence-corrected chi connectivity index (χ1v) is 17.6.